The predicted octanol–water partition coefficient (Wildman–Crippen LogP) is 1.17. The molecule has 0 radical (unpaired) electrons. The van der Waals surface area contributed by atoms with Crippen molar-refractivity contribution in [3.05, 3.63) is 16.9 Å². The van der Waals surface area contributed by atoms with Crippen LogP contribution in [0.5, 0.6) is 0 Å². The van der Waals surface area contributed by atoms with Crippen LogP contribution in [0.4, 0.5) is 0 Å². The van der Waals surface area contributed by atoms with Crippen molar-refractivity contribution in [2.45, 2.75) is 6.04 Å². The van der Waals surface area contributed by atoms with Crippen LogP contribution >= 0.6 is 15.9 Å². The van der Waals surface area contributed by atoms with E-state index in [1.165, 1.54) is 0 Å². The van der Waals surface area contributed by atoms with Crippen LogP contribution in [0.15, 0.2) is 16.9 Å². The Morgan fingerprint density at radius 2 is 2.00 bits per heavy atom. The molecule has 0 aromatic carbocycles. The summed E-state index contributed by atoms with van der Waals surface area (Å²) in [6.07, 6.45) is 3.88. The van der Waals surface area contributed by atoms with Gasteiger partial charge in [-0.2, -0.15) is 5.10 Å². The van der Waals surface area contributed by atoms with Crippen LogP contribution in [0.1, 0.15) is 6.04 Å². The van der Waals surface area contributed by atoms with Crippen molar-refractivity contribution in [3.63, 3.8) is 0 Å². The molecule has 3 rings (SSSR count). The summed E-state index contributed by atoms with van der Waals surface area (Å²) in [7, 11) is 0. The Morgan fingerprint density at radius 1 is 1.28 bits per heavy atom. The van der Waals surface area contributed by atoms with Crippen molar-refractivity contribution in [2.24, 2.45) is 5.92 Å². The molecule has 1 aromatic heterocycles. The smallest absolute Gasteiger partial charge is 0.0773 e. The van der Waals surface area contributed by atoms with Crippen LogP contribution in [0, 0.1) is 5.92 Å². The zero-order chi connectivity index (χ0) is 12.4. The highest BCUT2D eigenvalue weighted by Crippen LogP contribution is 2.23. The van der Waals surface area contributed by atoms with Gasteiger partial charge < -0.3 is 9.47 Å². The number of hydrogen-bond acceptors (Lipinski definition) is 4. The minimum Gasteiger partial charge on any atom is -0.379 e. The van der Waals surface area contributed by atoms with E-state index in [1.54, 1.807) is 0 Å². The summed E-state index contributed by atoms with van der Waals surface area (Å²) in [5, 5.41) is 4.33. The standard InChI is InChI=1S/C12H18BrN3O2/c13-11-3-14-16(5-11)12-6-15(7-12)4-10-8-17-1-2-18-9-10/h3,5,10,12H,1-2,4,6-9H2. The predicted molar refractivity (Wildman–Crippen MR) is 70.5 cm³/mol. The number of halogens is 1. The highest BCUT2D eigenvalue weighted by atomic mass is 79.9. The fourth-order valence-electron chi connectivity index (χ4n) is 2.51. The molecule has 0 amide bonds. The van der Waals surface area contributed by atoms with Crippen molar-refractivity contribution >= 4 is 15.9 Å². The van der Waals surface area contributed by atoms with Crippen molar-refractivity contribution in [1.82, 2.24) is 14.7 Å². The number of aromatic nitrogens is 2. The number of likely N-dealkylation sites (tertiary alicyclic amines) is 1. The van der Waals surface area contributed by atoms with E-state index in [1.807, 2.05) is 17.1 Å². The summed E-state index contributed by atoms with van der Waals surface area (Å²) in [6.45, 7) is 6.35. The van der Waals surface area contributed by atoms with E-state index in [0.29, 0.717) is 12.0 Å². The maximum atomic E-state index is 5.52. The van der Waals surface area contributed by atoms with Crippen LogP contribution in [-0.2, 0) is 9.47 Å². The van der Waals surface area contributed by atoms with Crippen molar-refractivity contribution in [2.75, 3.05) is 46.1 Å². The zero-order valence-corrected chi connectivity index (χ0v) is 11.9. The molecule has 0 bridgehead atoms. The molecule has 2 saturated heterocycles. The lowest BCUT2D eigenvalue weighted by Crippen LogP contribution is -2.50. The summed E-state index contributed by atoms with van der Waals surface area (Å²) in [4.78, 5) is 2.45. The van der Waals surface area contributed by atoms with E-state index < -0.39 is 0 Å². The highest BCUT2D eigenvalue weighted by molar-refractivity contribution is 9.10. The minimum absolute atomic E-state index is 0.512. The van der Waals surface area contributed by atoms with Crippen LogP contribution in [-0.4, -0.2) is 60.7 Å². The van der Waals surface area contributed by atoms with Gasteiger partial charge in [0, 0.05) is 31.7 Å². The molecule has 0 aliphatic carbocycles. The summed E-state index contributed by atoms with van der Waals surface area (Å²) in [6, 6.07) is 0.518. The quantitative estimate of drug-likeness (QED) is 0.839. The molecule has 0 unspecified atom stereocenters. The van der Waals surface area contributed by atoms with Crippen molar-refractivity contribution in [1.29, 1.82) is 0 Å². The van der Waals surface area contributed by atoms with Gasteiger partial charge in [0.05, 0.1) is 43.1 Å². The van der Waals surface area contributed by atoms with Gasteiger partial charge in [0.25, 0.3) is 0 Å². The fourth-order valence-corrected chi connectivity index (χ4v) is 2.81. The molecule has 0 atom stereocenters. The topological polar surface area (TPSA) is 39.5 Å². The average Bonchev–Trinajstić information content (AvgIpc) is 2.59. The second-order valence-electron chi connectivity index (χ2n) is 5.03. The van der Waals surface area contributed by atoms with Crippen LogP contribution in [0.2, 0.25) is 0 Å². The van der Waals surface area contributed by atoms with Crippen LogP contribution in [0.25, 0.3) is 0 Å². The number of nitrogens with zero attached hydrogens (tertiary/aromatic N) is 3. The average molecular weight is 316 g/mol. The van der Waals surface area contributed by atoms with Crippen molar-refractivity contribution < 1.29 is 9.47 Å². The maximum Gasteiger partial charge on any atom is 0.0773 e. The lowest BCUT2D eigenvalue weighted by atomic mass is 10.1. The van der Waals surface area contributed by atoms with Gasteiger partial charge in [0.1, 0.15) is 0 Å². The lowest BCUT2D eigenvalue weighted by Gasteiger charge is -2.40. The Bertz CT molecular complexity index is 384. The van der Waals surface area contributed by atoms with E-state index in [4.69, 9.17) is 9.47 Å². The Morgan fingerprint density at radius 3 is 2.61 bits per heavy atom. The van der Waals surface area contributed by atoms with Gasteiger partial charge in [0.15, 0.2) is 0 Å². The Hall–Kier alpha value is -0.430. The maximum absolute atomic E-state index is 5.52. The SMILES string of the molecule is Brc1cnn(C2CN(CC3COCCOC3)C2)c1. The molecular formula is C12H18BrN3O2. The van der Waals surface area contributed by atoms with Gasteiger partial charge in [0.2, 0.25) is 0 Å². The van der Waals surface area contributed by atoms with Gasteiger partial charge in [-0.3, -0.25) is 9.58 Å². The molecule has 2 fully saturated rings. The summed E-state index contributed by atoms with van der Waals surface area (Å²) in [5.74, 6) is 0.512. The minimum atomic E-state index is 0.512. The van der Waals surface area contributed by atoms with Gasteiger partial charge in [-0.15, -0.1) is 0 Å². The summed E-state index contributed by atoms with van der Waals surface area (Å²) in [5.41, 5.74) is 0. The van der Waals surface area contributed by atoms with E-state index in [0.717, 1.165) is 50.5 Å². The summed E-state index contributed by atoms with van der Waals surface area (Å²) < 4.78 is 14.1. The zero-order valence-electron chi connectivity index (χ0n) is 10.3. The number of ether oxygens (including phenoxy) is 2. The van der Waals surface area contributed by atoms with Crippen LogP contribution in [0.3, 0.4) is 0 Å². The van der Waals surface area contributed by atoms with Gasteiger partial charge in [-0.05, 0) is 15.9 Å². The van der Waals surface area contributed by atoms with E-state index in [9.17, 15) is 0 Å². The molecule has 18 heavy (non-hydrogen) atoms. The molecule has 2 aliphatic heterocycles. The molecule has 0 saturated carbocycles. The van der Waals surface area contributed by atoms with E-state index in [2.05, 4.69) is 25.9 Å². The Balaban J connectivity index is 1.44. The lowest BCUT2D eigenvalue weighted by molar-refractivity contribution is 0.0451. The first kappa shape index (κ1) is 12.6. The van der Waals surface area contributed by atoms with Crippen molar-refractivity contribution in [3.8, 4) is 0 Å². The van der Waals surface area contributed by atoms with E-state index in [-0.39, 0.29) is 0 Å². The molecule has 0 spiro atoms. The number of rotatable bonds is 3. The fraction of sp³-hybridized carbons (Fsp3) is 0.750. The third kappa shape index (κ3) is 2.93. The first-order valence-corrected chi connectivity index (χ1v) is 7.18. The second kappa shape index (κ2) is 5.69. The molecule has 1 aromatic rings. The monoisotopic (exact) mass is 315 g/mol. The van der Waals surface area contributed by atoms with Gasteiger partial charge >= 0.3 is 0 Å². The molecule has 6 heteroatoms. The van der Waals surface area contributed by atoms with Gasteiger partial charge in [-0.1, -0.05) is 0 Å². The molecular weight excluding hydrogens is 298 g/mol. The third-order valence-electron chi connectivity index (χ3n) is 3.48. The largest absolute Gasteiger partial charge is 0.379 e. The number of hydrogen-bond donors (Lipinski definition) is 0. The normalized spacial score (nSPS) is 23.8. The van der Waals surface area contributed by atoms with E-state index >= 15 is 0 Å². The molecule has 0 N–H and O–H groups in total. The first-order valence-electron chi connectivity index (χ1n) is 6.39. The Kier molecular flexibility index (Phi) is 3.98. The third-order valence-corrected chi connectivity index (χ3v) is 3.89. The highest BCUT2D eigenvalue weighted by Gasteiger charge is 2.30. The first-order chi connectivity index (χ1) is 8.81. The Labute approximate surface area is 115 Å². The molecule has 5 nitrogen and oxygen atoms in total. The van der Waals surface area contributed by atoms with Crippen LogP contribution < -0.4 is 0 Å². The summed E-state index contributed by atoms with van der Waals surface area (Å²) >= 11 is 3.43. The molecule has 3 heterocycles. The second-order valence-corrected chi connectivity index (χ2v) is 5.94. The van der Waals surface area contributed by atoms with Gasteiger partial charge in [-0.25, -0.2) is 0 Å². The molecule has 2 aliphatic rings. The molecule has 100 valence electrons.